The van der Waals surface area contributed by atoms with Gasteiger partial charge in [0.15, 0.2) is 6.04 Å². The lowest BCUT2D eigenvalue weighted by Crippen LogP contribution is -2.42. The largest absolute Gasteiger partial charge is 0.479 e. The average molecular weight is 278 g/mol. The van der Waals surface area contributed by atoms with Crippen molar-refractivity contribution in [2.75, 3.05) is 19.7 Å². The molecular weight excluding hydrogens is 260 g/mol. The van der Waals surface area contributed by atoms with Gasteiger partial charge in [0, 0.05) is 25.6 Å². The van der Waals surface area contributed by atoms with Crippen molar-refractivity contribution in [3.63, 3.8) is 0 Å². The number of nitrogens with zero attached hydrogens (tertiary/aromatic N) is 1. The first-order chi connectivity index (χ1) is 9.61. The number of rotatable bonds is 4. The molecule has 0 saturated carbocycles. The number of carbonyl (C=O) groups is 2. The third-order valence-electron chi connectivity index (χ3n) is 3.48. The number of benzene rings is 1. The quantitative estimate of drug-likeness (QED) is 0.761. The minimum Gasteiger partial charge on any atom is -0.479 e. The van der Waals surface area contributed by atoms with Gasteiger partial charge in [0.25, 0.3) is 0 Å². The zero-order valence-corrected chi connectivity index (χ0v) is 11.0. The molecule has 0 aromatic heterocycles. The third-order valence-corrected chi connectivity index (χ3v) is 3.48. The Morgan fingerprint density at radius 2 is 2.05 bits per heavy atom. The van der Waals surface area contributed by atoms with Crippen LogP contribution in [0.25, 0.3) is 0 Å². The number of likely N-dealkylation sites (tertiary alicyclic amines) is 1. The molecule has 2 rings (SSSR count). The van der Waals surface area contributed by atoms with E-state index in [9.17, 15) is 14.7 Å². The molecule has 2 unspecified atom stereocenters. The van der Waals surface area contributed by atoms with Gasteiger partial charge in [-0.1, -0.05) is 30.3 Å². The van der Waals surface area contributed by atoms with Crippen LogP contribution in [0.15, 0.2) is 30.3 Å². The molecule has 6 heteroatoms. The Hall–Kier alpha value is -2.08. The second-order valence-corrected chi connectivity index (χ2v) is 4.91. The number of carboxylic acids is 1. The molecule has 1 saturated heterocycles. The molecule has 6 nitrogen and oxygen atoms in total. The second-order valence-electron chi connectivity index (χ2n) is 4.91. The van der Waals surface area contributed by atoms with Gasteiger partial charge < -0.3 is 20.4 Å². The smallest absolute Gasteiger partial charge is 0.330 e. The summed E-state index contributed by atoms with van der Waals surface area (Å²) in [4.78, 5) is 24.9. The summed E-state index contributed by atoms with van der Waals surface area (Å²) in [5, 5.41) is 20.8. The molecule has 2 amide bonds. The Balaban J connectivity index is 2.02. The van der Waals surface area contributed by atoms with E-state index in [-0.39, 0.29) is 12.5 Å². The highest BCUT2D eigenvalue weighted by molar-refractivity contribution is 5.83. The second kappa shape index (κ2) is 6.38. The summed E-state index contributed by atoms with van der Waals surface area (Å²) in [5.41, 5.74) is 0.534. The number of aliphatic hydroxyl groups excluding tert-OH is 1. The summed E-state index contributed by atoms with van der Waals surface area (Å²) in [6.45, 7) is 1.05. The van der Waals surface area contributed by atoms with Crippen molar-refractivity contribution in [2.24, 2.45) is 5.92 Å². The Morgan fingerprint density at radius 1 is 1.35 bits per heavy atom. The topological polar surface area (TPSA) is 89.9 Å². The van der Waals surface area contributed by atoms with Crippen molar-refractivity contribution >= 4 is 12.0 Å². The van der Waals surface area contributed by atoms with Crippen LogP contribution in [0, 0.1) is 5.92 Å². The maximum absolute atomic E-state index is 12.1. The molecule has 1 aliphatic heterocycles. The molecule has 20 heavy (non-hydrogen) atoms. The number of carboxylic acid groups (broad SMARTS) is 1. The highest BCUT2D eigenvalue weighted by atomic mass is 16.4. The van der Waals surface area contributed by atoms with Gasteiger partial charge in [-0.05, 0) is 12.0 Å². The highest BCUT2D eigenvalue weighted by Gasteiger charge is 2.29. The van der Waals surface area contributed by atoms with Gasteiger partial charge in [-0.3, -0.25) is 0 Å². The average Bonchev–Trinajstić information content (AvgIpc) is 2.94. The fourth-order valence-electron chi connectivity index (χ4n) is 2.31. The minimum absolute atomic E-state index is 0.0465. The number of nitrogens with one attached hydrogen (secondary N) is 1. The predicted octanol–water partition coefficient (Wildman–Crippen LogP) is 0.836. The van der Waals surface area contributed by atoms with Crippen LogP contribution < -0.4 is 5.32 Å². The van der Waals surface area contributed by atoms with E-state index in [0.29, 0.717) is 18.7 Å². The summed E-state index contributed by atoms with van der Waals surface area (Å²) >= 11 is 0. The molecule has 0 radical (unpaired) electrons. The molecule has 3 N–H and O–H groups in total. The number of hydrogen-bond acceptors (Lipinski definition) is 3. The fourth-order valence-corrected chi connectivity index (χ4v) is 2.31. The molecule has 1 aliphatic rings. The number of aliphatic carboxylic acids is 1. The SMILES string of the molecule is O=C(O)C(NC(=O)N1CCC(CO)C1)c1ccccc1. The van der Waals surface area contributed by atoms with Crippen molar-refractivity contribution in [1.29, 1.82) is 0 Å². The maximum Gasteiger partial charge on any atom is 0.330 e. The first kappa shape index (κ1) is 14.3. The fraction of sp³-hybridized carbons (Fsp3) is 0.429. The molecule has 1 heterocycles. The van der Waals surface area contributed by atoms with E-state index in [1.54, 1.807) is 35.2 Å². The van der Waals surface area contributed by atoms with E-state index in [1.807, 2.05) is 0 Å². The van der Waals surface area contributed by atoms with Gasteiger partial charge in [-0.15, -0.1) is 0 Å². The monoisotopic (exact) mass is 278 g/mol. The van der Waals surface area contributed by atoms with Gasteiger partial charge in [0.05, 0.1) is 0 Å². The van der Waals surface area contributed by atoms with Gasteiger partial charge in [0.1, 0.15) is 0 Å². The summed E-state index contributed by atoms with van der Waals surface area (Å²) in [6, 6.07) is 7.12. The molecule has 108 valence electrons. The van der Waals surface area contributed by atoms with Crippen LogP contribution in [0.4, 0.5) is 4.79 Å². The Kier molecular flexibility index (Phi) is 4.57. The molecule has 0 aliphatic carbocycles. The van der Waals surface area contributed by atoms with Crippen LogP contribution in [0.2, 0.25) is 0 Å². The van der Waals surface area contributed by atoms with E-state index in [0.717, 1.165) is 6.42 Å². The molecule has 0 spiro atoms. The highest BCUT2D eigenvalue weighted by Crippen LogP contribution is 2.18. The number of urea groups is 1. The summed E-state index contributed by atoms with van der Waals surface area (Å²) in [6.07, 6.45) is 0.743. The van der Waals surface area contributed by atoms with Crippen molar-refractivity contribution in [1.82, 2.24) is 10.2 Å². The number of aliphatic hydroxyl groups is 1. The Bertz CT molecular complexity index is 477. The number of hydrogen-bond donors (Lipinski definition) is 3. The Labute approximate surface area is 117 Å². The van der Waals surface area contributed by atoms with Gasteiger partial charge in [-0.25, -0.2) is 9.59 Å². The van der Waals surface area contributed by atoms with Gasteiger partial charge in [-0.2, -0.15) is 0 Å². The first-order valence-corrected chi connectivity index (χ1v) is 6.56. The minimum atomic E-state index is -1.09. The normalized spacial score (nSPS) is 19.6. The zero-order valence-electron chi connectivity index (χ0n) is 11.0. The van der Waals surface area contributed by atoms with E-state index < -0.39 is 18.0 Å². The van der Waals surface area contributed by atoms with E-state index in [4.69, 9.17) is 5.11 Å². The molecule has 1 fully saturated rings. The van der Waals surface area contributed by atoms with Crippen LogP contribution in [-0.2, 0) is 4.79 Å². The first-order valence-electron chi connectivity index (χ1n) is 6.56. The lowest BCUT2D eigenvalue weighted by atomic mass is 10.1. The number of carbonyl (C=O) groups excluding carboxylic acids is 1. The third kappa shape index (κ3) is 3.27. The molecule has 1 aromatic carbocycles. The van der Waals surface area contributed by atoms with Crippen molar-refractivity contribution in [3.8, 4) is 0 Å². The predicted molar refractivity (Wildman–Crippen MR) is 72.1 cm³/mol. The molecular formula is C14H18N2O4. The molecule has 2 atom stereocenters. The standard InChI is InChI=1S/C14H18N2O4/c17-9-10-6-7-16(8-10)14(20)15-12(13(18)19)11-4-2-1-3-5-11/h1-5,10,12,17H,6-9H2,(H,15,20)(H,18,19). The van der Waals surface area contributed by atoms with Crippen LogP contribution in [0.5, 0.6) is 0 Å². The van der Waals surface area contributed by atoms with E-state index >= 15 is 0 Å². The van der Waals surface area contributed by atoms with Crippen LogP contribution in [0.3, 0.4) is 0 Å². The van der Waals surface area contributed by atoms with Crippen LogP contribution >= 0.6 is 0 Å². The van der Waals surface area contributed by atoms with Crippen molar-refractivity contribution in [3.05, 3.63) is 35.9 Å². The van der Waals surface area contributed by atoms with Crippen LogP contribution in [-0.4, -0.2) is 46.8 Å². The van der Waals surface area contributed by atoms with Crippen molar-refractivity contribution in [2.45, 2.75) is 12.5 Å². The van der Waals surface area contributed by atoms with E-state index in [2.05, 4.69) is 5.32 Å². The lowest BCUT2D eigenvalue weighted by molar-refractivity contribution is -0.139. The molecule has 1 aromatic rings. The zero-order chi connectivity index (χ0) is 14.5. The van der Waals surface area contributed by atoms with Crippen molar-refractivity contribution < 1.29 is 19.8 Å². The number of amides is 2. The summed E-state index contributed by atoms with van der Waals surface area (Å²) in [5.74, 6) is -1.01. The van der Waals surface area contributed by atoms with Gasteiger partial charge >= 0.3 is 12.0 Å². The summed E-state index contributed by atoms with van der Waals surface area (Å²) < 4.78 is 0. The summed E-state index contributed by atoms with van der Waals surface area (Å²) in [7, 11) is 0. The Morgan fingerprint density at radius 3 is 2.60 bits per heavy atom. The molecule has 0 bridgehead atoms. The van der Waals surface area contributed by atoms with Gasteiger partial charge in [0.2, 0.25) is 0 Å². The van der Waals surface area contributed by atoms with E-state index in [1.165, 1.54) is 0 Å². The van der Waals surface area contributed by atoms with Crippen LogP contribution in [0.1, 0.15) is 18.0 Å². The maximum atomic E-state index is 12.1. The lowest BCUT2D eigenvalue weighted by Gasteiger charge is -2.21.